The van der Waals surface area contributed by atoms with E-state index in [2.05, 4.69) is 9.93 Å². The first-order chi connectivity index (χ1) is 9.58. The second-order valence-corrected chi connectivity index (χ2v) is 6.70. The fourth-order valence-electron chi connectivity index (χ4n) is 2.63. The smallest absolute Gasteiger partial charge is 0.200 e. The van der Waals surface area contributed by atoms with Gasteiger partial charge in [0.15, 0.2) is 0 Å². The maximum atomic E-state index is 12.3. The molecule has 0 bridgehead atoms. The van der Waals surface area contributed by atoms with E-state index in [0.29, 0.717) is 0 Å². The van der Waals surface area contributed by atoms with Crippen LogP contribution in [0.25, 0.3) is 0 Å². The van der Waals surface area contributed by atoms with Crippen molar-refractivity contribution in [3.05, 3.63) is 47.3 Å². The normalized spacial score (nSPS) is 14.8. The van der Waals surface area contributed by atoms with Crippen molar-refractivity contribution in [3.63, 3.8) is 0 Å². The van der Waals surface area contributed by atoms with Crippen molar-refractivity contribution in [2.45, 2.75) is 37.5 Å². The van der Waals surface area contributed by atoms with Gasteiger partial charge in [-0.15, -0.1) is 0 Å². The van der Waals surface area contributed by atoms with Gasteiger partial charge in [0.1, 0.15) is 0 Å². The van der Waals surface area contributed by atoms with Gasteiger partial charge in [-0.05, 0) is 50.3 Å². The minimum Gasteiger partial charge on any atom is -0.200 e. The van der Waals surface area contributed by atoms with Gasteiger partial charge in [-0.25, -0.2) is 0 Å². The molecule has 1 N–H and O–H groups in total. The number of sulfonamides is 1. The van der Waals surface area contributed by atoms with E-state index in [1.54, 1.807) is 30.3 Å². The third-order valence-electron chi connectivity index (χ3n) is 3.64. The highest BCUT2D eigenvalue weighted by Gasteiger charge is 2.22. The maximum Gasteiger partial charge on any atom is 0.276 e. The summed E-state index contributed by atoms with van der Waals surface area (Å²) in [4.78, 5) is 4.25. The van der Waals surface area contributed by atoms with Crippen molar-refractivity contribution in [1.82, 2.24) is 9.89 Å². The van der Waals surface area contributed by atoms with E-state index in [1.807, 2.05) is 6.92 Å². The Morgan fingerprint density at radius 1 is 1.15 bits per heavy atom. The molecule has 6 heteroatoms. The predicted octanol–water partition coefficient (Wildman–Crippen LogP) is 2.00. The van der Waals surface area contributed by atoms with Gasteiger partial charge in [0.2, 0.25) is 0 Å². The van der Waals surface area contributed by atoms with Gasteiger partial charge in [0, 0.05) is 0 Å². The molecule has 1 aromatic carbocycles. The molecule has 1 aromatic heterocycles. The molecule has 0 unspecified atom stereocenters. The number of nitrogens with zero attached hydrogens (tertiary/aromatic N) is 2. The Kier molecular flexibility index (Phi) is 3.25. The van der Waals surface area contributed by atoms with Crippen LogP contribution in [-0.4, -0.2) is 18.3 Å². The second kappa shape index (κ2) is 4.94. The van der Waals surface area contributed by atoms with Gasteiger partial charge in [-0.1, -0.05) is 18.2 Å². The highest BCUT2D eigenvalue weighted by molar-refractivity contribution is 7.92. The standard InChI is InChI=1S/C14H17N3O2S/c1-11-13-9-5-6-10-14(13)17(15-11)16-20(18,19)12-7-3-2-4-8-12/h2-4,7-8,16H,5-6,9-10H2,1H3. The van der Waals surface area contributed by atoms with E-state index < -0.39 is 10.0 Å². The van der Waals surface area contributed by atoms with Crippen LogP contribution in [-0.2, 0) is 22.9 Å². The van der Waals surface area contributed by atoms with E-state index in [4.69, 9.17) is 0 Å². The zero-order chi connectivity index (χ0) is 14.2. The summed E-state index contributed by atoms with van der Waals surface area (Å²) in [7, 11) is -3.58. The number of aryl methyl sites for hydroxylation is 1. The van der Waals surface area contributed by atoms with E-state index in [9.17, 15) is 8.42 Å². The molecule has 2 aromatic rings. The van der Waals surface area contributed by atoms with Crippen molar-refractivity contribution in [3.8, 4) is 0 Å². The molecular weight excluding hydrogens is 274 g/mol. The summed E-state index contributed by atoms with van der Waals surface area (Å²) in [5.41, 5.74) is 3.09. The van der Waals surface area contributed by atoms with E-state index in [1.165, 1.54) is 10.4 Å². The summed E-state index contributed by atoms with van der Waals surface area (Å²) in [6.07, 6.45) is 4.07. The molecule has 0 saturated carbocycles. The van der Waals surface area contributed by atoms with Crippen LogP contribution in [0.1, 0.15) is 29.8 Å². The fourth-order valence-corrected chi connectivity index (χ4v) is 3.62. The molecule has 0 saturated heterocycles. The largest absolute Gasteiger partial charge is 0.276 e. The van der Waals surface area contributed by atoms with Gasteiger partial charge in [-0.3, -0.25) is 0 Å². The molecule has 0 fully saturated rings. The molecule has 0 spiro atoms. The average Bonchev–Trinajstić information content (AvgIpc) is 2.76. The number of rotatable bonds is 3. The molecule has 20 heavy (non-hydrogen) atoms. The molecule has 1 heterocycles. The lowest BCUT2D eigenvalue weighted by molar-refractivity contribution is 0.584. The minimum absolute atomic E-state index is 0.248. The first kappa shape index (κ1) is 13.2. The Bertz CT molecular complexity index is 720. The number of aromatic nitrogens is 2. The molecule has 5 nitrogen and oxygen atoms in total. The summed E-state index contributed by atoms with van der Waals surface area (Å²) < 4.78 is 24.6. The van der Waals surface area contributed by atoms with Crippen LogP contribution in [0.3, 0.4) is 0 Å². The van der Waals surface area contributed by atoms with Crippen LogP contribution in [0, 0.1) is 6.92 Å². The lowest BCUT2D eigenvalue weighted by Gasteiger charge is -2.15. The summed E-state index contributed by atoms with van der Waals surface area (Å²) in [6.45, 7) is 1.93. The Morgan fingerprint density at radius 2 is 1.85 bits per heavy atom. The number of hydrogen-bond donors (Lipinski definition) is 1. The van der Waals surface area contributed by atoms with E-state index in [0.717, 1.165) is 37.1 Å². The zero-order valence-electron chi connectivity index (χ0n) is 11.3. The number of benzene rings is 1. The fraction of sp³-hybridized carbons (Fsp3) is 0.357. The van der Waals surface area contributed by atoms with Crippen LogP contribution in [0.2, 0.25) is 0 Å². The summed E-state index contributed by atoms with van der Waals surface area (Å²) in [5, 5.41) is 4.33. The van der Waals surface area contributed by atoms with Crippen molar-refractivity contribution in [2.75, 3.05) is 4.83 Å². The predicted molar refractivity (Wildman–Crippen MR) is 76.6 cm³/mol. The lowest BCUT2D eigenvalue weighted by atomic mass is 9.96. The van der Waals surface area contributed by atoms with Gasteiger partial charge in [0.25, 0.3) is 10.0 Å². The number of fused-ring (bicyclic) bond motifs is 1. The first-order valence-electron chi connectivity index (χ1n) is 6.73. The van der Waals surface area contributed by atoms with Gasteiger partial charge >= 0.3 is 0 Å². The van der Waals surface area contributed by atoms with Crippen LogP contribution in [0.5, 0.6) is 0 Å². The SMILES string of the molecule is Cc1nn(NS(=O)(=O)c2ccccc2)c2c1CCCC2. The molecule has 0 radical (unpaired) electrons. The zero-order valence-corrected chi connectivity index (χ0v) is 12.2. The lowest BCUT2D eigenvalue weighted by Crippen LogP contribution is -2.26. The third kappa shape index (κ3) is 2.31. The van der Waals surface area contributed by atoms with E-state index in [-0.39, 0.29) is 4.90 Å². The molecule has 0 amide bonds. The molecule has 1 aliphatic carbocycles. The Hall–Kier alpha value is -1.82. The summed E-state index contributed by atoms with van der Waals surface area (Å²) >= 11 is 0. The first-order valence-corrected chi connectivity index (χ1v) is 8.21. The third-order valence-corrected chi connectivity index (χ3v) is 4.95. The Morgan fingerprint density at radius 3 is 2.60 bits per heavy atom. The van der Waals surface area contributed by atoms with Crippen molar-refractivity contribution in [1.29, 1.82) is 0 Å². The summed E-state index contributed by atoms with van der Waals surface area (Å²) in [6, 6.07) is 8.35. The van der Waals surface area contributed by atoms with Gasteiger partial charge in [-0.2, -0.15) is 23.1 Å². The van der Waals surface area contributed by atoms with Gasteiger partial charge < -0.3 is 0 Å². The van der Waals surface area contributed by atoms with Crippen molar-refractivity contribution < 1.29 is 8.42 Å². The molecule has 1 aliphatic rings. The second-order valence-electron chi connectivity index (χ2n) is 5.04. The number of hydrogen-bond acceptors (Lipinski definition) is 3. The quantitative estimate of drug-likeness (QED) is 0.940. The van der Waals surface area contributed by atoms with Crippen LogP contribution >= 0.6 is 0 Å². The maximum absolute atomic E-state index is 12.3. The highest BCUT2D eigenvalue weighted by atomic mass is 32.2. The molecule has 0 atom stereocenters. The molecule has 3 rings (SSSR count). The summed E-state index contributed by atoms with van der Waals surface area (Å²) in [5.74, 6) is 0. The molecule has 0 aliphatic heterocycles. The Labute approximate surface area is 118 Å². The number of nitrogens with one attached hydrogen (secondary N) is 1. The molecule has 106 valence electrons. The van der Waals surface area contributed by atoms with E-state index >= 15 is 0 Å². The van der Waals surface area contributed by atoms with Crippen LogP contribution in [0.4, 0.5) is 0 Å². The average molecular weight is 291 g/mol. The monoisotopic (exact) mass is 291 g/mol. The highest BCUT2D eigenvalue weighted by Crippen LogP contribution is 2.23. The van der Waals surface area contributed by atoms with Crippen molar-refractivity contribution in [2.24, 2.45) is 0 Å². The Balaban J connectivity index is 1.96. The van der Waals surface area contributed by atoms with Crippen LogP contribution < -0.4 is 4.83 Å². The molecular formula is C14H17N3O2S. The van der Waals surface area contributed by atoms with Gasteiger partial charge in [0.05, 0.1) is 16.3 Å². The van der Waals surface area contributed by atoms with Crippen molar-refractivity contribution >= 4 is 10.0 Å². The van der Waals surface area contributed by atoms with Crippen LogP contribution in [0.15, 0.2) is 35.2 Å². The topological polar surface area (TPSA) is 64.0 Å². The minimum atomic E-state index is -3.58.